The van der Waals surface area contributed by atoms with Crippen molar-refractivity contribution in [2.45, 2.75) is 32.6 Å². The molecule has 2 aromatic rings. The fraction of sp³-hybridized carbons (Fsp3) is 0.357. The van der Waals surface area contributed by atoms with Gasteiger partial charge in [0.2, 0.25) is 0 Å². The van der Waals surface area contributed by atoms with E-state index in [9.17, 15) is 13.2 Å². The number of nitrogens with one attached hydrogen (secondary N) is 1. The van der Waals surface area contributed by atoms with Crippen LogP contribution >= 0.6 is 11.6 Å². The van der Waals surface area contributed by atoms with Crippen molar-refractivity contribution in [1.29, 1.82) is 0 Å². The molecule has 0 amide bonds. The van der Waals surface area contributed by atoms with Gasteiger partial charge in [0, 0.05) is 23.8 Å². The molecule has 1 heterocycles. The summed E-state index contributed by atoms with van der Waals surface area (Å²) in [7, 11) is 0. The Morgan fingerprint density at radius 3 is 2.57 bits per heavy atom. The number of rotatable bonds is 4. The summed E-state index contributed by atoms with van der Waals surface area (Å²) in [6, 6.07) is 6.22. The van der Waals surface area contributed by atoms with Gasteiger partial charge in [-0.25, -0.2) is 4.68 Å². The smallest absolute Gasteiger partial charge is 0.310 e. The molecule has 0 saturated heterocycles. The van der Waals surface area contributed by atoms with E-state index < -0.39 is 11.9 Å². The van der Waals surface area contributed by atoms with Gasteiger partial charge in [-0.3, -0.25) is 0 Å². The molecule has 1 aromatic carbocycles. The lowest BCUT2D eigenvalue weighted by atomic mass is 10.1. The first kappa shape index (κ1) is 15.9. The zero-order valence-electron chi connectivity index (χ0n) is 11.6. The molecule has 1 aromatic heterocycles. The van der Waals surface area contributed by atoms with Crippen molar-refractivity contribution >= 4 is 11.6 Å². The van der Waals surface area contributed by atoms with Crippen LogP contribution in [0, 0.1) is 0 Å². The van der Waals surface area contributed by atoms with Crippen LogP contribution in [-0.4, -0.2) is 15.8 Å². The predicted molar refractivity (Wildman–Crippen MR) is 75.6 cm³/mol. The molecule has 114 valence electrons. The standard InChI is InChI=1S/C14H15ClF3N3/c1-9(2)19-8-10-7-11(15)3-4-12(10)21-6-5-13(20-21)14(16,17)18/h3-7,9,19H,8H2,1-2H3. The Balaban J connectivity index is 2.36. The van der Waals surface area contributed by atoms with Gasteiger partial charge in [-0.1, -0.05) is 25.4 Å². The molecule has 0 aliphatic rings. The summed E-state index contributed by atoms with van der Waals surface area (Å²) >= 11 is 5.96. The highest BCUT2D eigenvalue weighted by atomic mass is 35.5. The molecule has 0 fully saturated rings. The molecular formula is C14H15ClF3N3. The maximum atomic E-state index is 12.6. The average Bonchev–Trinajstić information content (AvgIpc) is 2.85. The first-order chi connectivity index (χ1) is 9.77. The van der Waals surface area contributed by atoms with Crippen LogP contribution in [0.4, 0.5) is 13.2 Å². The molecule has 0 saturated carbocycles. The van der Waals surface area contributed by atoms with Crippen molar-refractivity contribution in [1.82, 2.24) is 15.1 Å². The van der Waals surface area contributed by atoms with Gasteiger partial charge in [-0.2, -0.15) is 18.3 Å². The van der Waals surface area contributed by atoms with Gasteiger partial charge in [0.15, 0.2) is 5.69 Å². The Morgan fingerprint density at radius 2 is 2.00 bits per heavy atom. The lowest BCUT2D eigenvalue weighted by molar-refractivity contribution is -0.141. The van der Waals surface area contributed by atoms with E-state index in [0.29, 0.717) is 17.3 Å². The third-order valence-electron chi connectivity index (χ3n) is 2.87. The highest BCUT2D eigenvalue weighted by Gasteiger charge is 2.33. The molecule has 7 heteroatoms. The van der Waals surface area contributed by atoms with Crippen LogP contribution in [0.25, 0.3) is 5.69 Å². The predicted octanol–water partition coefficient (Wildman–Crippen LogP) is 4.04. The molecule has 1 N–H and O–H groups in total. The number of alkyl halides is 3. The van der Waals surface area contributed by atoms with Crippen LogP contribution in [0.3, 0.4) is 0 Å². The van der Waals surface area contributed by atoms with E-state index in [1.54, 1.807) is 18.2 Å². The van der Waals surface area contributed by atoms with E-state index in [0.717, 1.165) is 11.6 Å². The zero-order chi connectivity index (χ0) is 15.6. The summed E-state index contributed by atoms with van der Waals surface area (Å²) in [5.74, 6) is 0. The van der Waals surface area contributed by atoms with Crippen LogP contribution in [0.1, 0.15) is 25.1 Å². The van der Waals surface area contributed by atoms with E-state index >= 15 is 0 Å². The second-order valence-corrected chi connectivity index (χ2v) is 5.39. The summed E-state index contributed by atoms with van der Waals surface area (Å²) in [6.07, 6.45) is -3.15. The minimum Gasteiger partial charge on any atom is -0.310 e. The molecule has 0 radical (unpaired) electrons. The third kappa shape index (κ3) is 3.98. The second kappa shape index (κ2) is 6.07. The molecule has 0 unspecified atom stereocenters. The van der Waals surface area contributed by atoms with Gasteiger partial charge in [0.05, 0.1) is 5.69 Å². The van der Waals surface area contributed by atoms with Crippen molar-refractivity contribution in [2.75, 3.05) is 0 Å². The summed E-state index contributed by atoms with van der Waals surface area (Å²) in [5, 5.41) is 7.33. The third-order valence-corrected chi connectivity index (χ3v) is 3.10. The largest absolute Gasteiger partial charge is 0.435 e. The first-order valence-corrected chi connectivity index (χ1v) is 6.80. The number of benzene rings is 1. The first-order valence-electron chi connectivity index (χ1n) is 6.42. The SMILES string of the molecule is CC(C)NCc1cc(Cl)ccc1-n1ccc(C(F)(F)F)n1. The van der Waals surface area contributed by atoms with Crippen molar-refractivity contribution in [3.8, 4) is 5.69 Å². The number of nitrogens with zero attached hydrogens (tertiary/aromatic N) is 2. The van der Waals surface area contributed by atoms with Gasteiger partial charge >= 0.3 is 6.18 Å². The van der Waals surface area contributed by atoms with Gasteiger partial charge in [0.1, 0.15) is 0 Å². The minimum absolute atomic E-state index is 0.250. The quantitative estimate of drug-likeness (QED) is 0.922. The normalized spacial score (nSPS) is 12.1. The number of aromatic nitrogens is 2. The lowest BCUT2D eigenvalue weighted by Gasteiger charge is -2.13. The summed E-state index contributed by atoms with van der Waals surface area (Å²) < 4.78 is 39.1. The molecule has 0 aliphatic carbocycles. The fourth-order valence-electron chi connectivity index (χ4n) is 1.84. The van der Waals surface area contributed by atoms with Gasteiger partial charge < -0.3 is 5.32 Å². The van der Waals surface area contributed by atoms with E-state index in [-0.39, 0.29) is 6.04 Å². The summed E-state index contributed by atoms with van der Waals surface area (Å²) in [5.41, 5.74) is 0.441. The Bertz CT molecular complexity index is 620. The van der Waals surface area contributed by atoms with Gasteiger partial charge in [-0.15, -0.1) is 0 Å². The van der Waals surface area contributed by atoms with Gasteiger partial charge in [-0.05, 0) is 29.8 Å². The molecule has 2 rings (SSSR count). The molecule has 21 heavy (non-hydrogen) atoms. The van der Waals surface area contributed by atoms with Crippen LogP contribution in [0.15, 0.2) is 30.5 Å². The van der Waals surface area contributed by atoms with Crippen molar-refractivity contribution in [3.63, 3.8) is 0 Å². The van der Waals surface area contributed by atoms with Crippen molar-refractivity contribution in [3.05, 3.63) is 46.7 Å². The molecule has 0 spiro atoms. The number of halogens is 4. The minimum atomic E-state index is -4.45. The van der Waals surface area contributed by atoms with E-state index in [1.165, 1.54) is 10.9 Å². The molecule has 3 nitrogen and oxygen atoms in total. The highest BCUT2D eigenvalue weighted by molar-refractivity contribution is 6.30. The van der Waals surface area contributed by atoms with Crippen LogP contribution in [0.5, 0.6) is 0 Å². The van der Waals surface area contributed by atoms with Crippen molar-refractivity contribution in [2.24, 2.45) is 0 Å². The second-order valence-electron chi connectivity index (χ2n) is 4.95. The Kier molecular flexibility index (Phi) is 4.58. The van der Waals surface area contributed by atoms with Crippen LogP contribution in [0.2, 0.25) is 5.02 Å². The number of hydrogen-bond donors (Lipinski definition) is 1. The zero-order valence-corrected chi connectivity index (χ0v) is 12.3. The lowest BCUT2D eigenvalue weighted by Crippen LogP contribution is -2.22. The topological polar surface area (TPSA) is 29.9 Å². The molecule has 0 bridgehead atoms. The van der Waals surface area contributed by atoms with Crippen LogP contribution < -0.4 is 5.32 Å². The molecular weight excluding hydrogens is 303 g/mol. The Morgan fingerprint density at radius 1 is 1.29 bits per heavy atom. The Labute approximate surface area is 125 Å². The highest BCUT2D eigenvalue weighted by Crippen LogP contribution is 2.28. The summed E-state index contributed by atoms with van der Waals surface area (Å²) in [4.78, 5) is 0. The van der Waals surface area contributed by atoms with Crippen LogP contribution in [-0.2, 0) is 12.7 Å². The van der Waals surface area contributed by atoms with E-state index in [4.69, 9.17) is 11.6 Å². The Hall–Kier alpha value is -1.53. The molecule has 0 atom stereocenters. The monoisotopic (exact) mass is 317 g/mol. The average molecular weight is 318 g/mol. The summed E-state index contributed by atoms with van der Waals surface area (Å²) in [6.45, 7) is 4.47. The number of hydrogen-bond acceptors (Lipinski definition) is 2. The van der Waals surface area contributed by atoms with E-state index in [1.807, 2.05) is 13.8 Å². The van der Waals surface area contributed by atoms with Gasteiger partial charge in [0.25, 0.3) is 0 Å². The van der Waals surface area contributed by atoms with E-state index in [2.05, 4.69) is 10.4 Å². The fourth-order valence-corrected chi connectivity index (χ4v) is 2.04. The van der Waals surface area contributed by atoms with Crippen molar-refractivity contribution < 1.29 is 13.2 Å². The molecule has 0 aliphatic heterocycles. The maximum absolute atomic E-state index is 12.6. The maximum Gasteiger partial charge on any atom is 0.435 e.